The van der Waals surface area contributed by atoms with Gasteiger partial charge in [0.2, 0.25) is 0 Å². The van der Waals surface area contributed by atoms with Crippen molar-refractivity contribution in [2.75, 3.05) is 65.7 Å². The Morgan fingerprint density at radius 3 is 1.27 bits per heavy atom. The lowest BCUT2D eigenvalue weighted by Crippen LogP contribution is -2.35. The number of likely N-dealkylation sites (tertiary alicyclic amines) is 2. The first-order valence-electron chi connectivity index (χ1n) is 22.4. The van der Waals surface area contributed by atoms with Gasteiger partial charge in [0.1, 0.15) is 23.0 Å². The van der Waals surface area contributed by atoms with Crippen molar-refractivity contribution in [2.24, 2.45) is 33.6 Å². The van der Waals surface area contributed by atoms with Gasteiger partial charge in [0, 0.05) is 24.2 Å². The number of benzene rings is 4. The Hall–Kier alpha value is -6.48. The summed E-state index contributed by atoms with van der Waals surface area (Å²) in [5.41, 5.74) is 13.8. The molecule has 0 bridgehead atoms. The van der Waals surface area contributed by atoms with Crippen LogP contribution in [0.1, 0.15) is 80.9 Å². The SMILES string of the molecule is N/C(=N\O)c1ccc(OCCCC2CCN(CCCOc3ccc(/C(N)=N/O)cc3)CC2)cc1.[C-]#[N+]c1ccc(OCCCN2CCC(CCCOc3ccc(C#N)cc3)CC2)cc1. The van der Waals surface area contributed by atoms with Crippen molar-refractivity contribution in [3.05, 3.63) is 125 Å². The number of nitrogens with two attached hydrogens (primary N) is 2. The maximum absolute atomic E-state index is 8.82. The zero-order valence-electron chi connectivity index (χ0n) is 36.9. The molecule has 6 rings (SSSR count). The van der Waals surface area contributed by atoms with Crippen LogP contribution < -0.4 is 30.4 Å². The van der Waals surface area contributed by atoms with E-state index in [4.69, 9.17) is 52.7 Å². The Morgan fingerprint density at radius 2 is 0.922 bits per heavy atom. The molecule has 2 aliphatic heterocycles. The van der Waals surface area contributed by atoms with Gasteiger partial charge < -0.3 is 50.6 Å². The second kappa shape index (κ2) is 27.6. The van der Waals surface area contributed by atoms with Gasteiger partial charge in [-0.2, -0.15) is 5.26 Å². The van der Waals surface area contributed by atoms with Crippen molar-refractivity contribution >= 4 is 17.4 Å². The maximum atomic E-state index is 8.82. The van der Waals surface area contributed by atoms with E-state index in [-0.39, 0.29) is 11.7 Å². The number of amidine groups is 2. The van der Waals surface area contributed by atoms with E-state index in [2.05, 4.69) is 31.0 Å². The van der Waals surface area contributed by atoms with Gasteiger partial charge >= 0.3 is 0 Å². The molecule has 0 unspecified atom stereocenters. The molecule has 2 heterocycles. The smallest absolute Gasteiger partial charge is 0.187 e. The number of hydrogen-bond acceptors (Lipinski definition) is 11. The summed E-state index contributed by atoms with van der Waals surface area (Å²) in [6.45, 7) is 16.5. The fourth-order valence-corrected chi connectivity index (χ4v) is 7.88. The molecule has 4 aromatic rings. The standard InChI is InChI=1S/C25H35N5O4.C25H29N3O2/c26-24(28-31)20-4-8-22(9-5-20)33-17-1-3-19-12-15-30(16-13-19)14-2-18-34-23-10-6-21(7-11-23)25(27)29-32;1-27-23-7-11-25(12-8-23)30-19-3-15-28-16-13-21(14-17-28)4-2-18-29-24-9-5-22(20-26)6-10-24/h4-11,19,31-32H,1-3,12-18H2,(H2,26,28)(H2,27,29);5-12,21H,2-4,13-19H2. The highest BCUT2D eigenvalue weighted by Crippen LogP contribution is 2.25. The molecule has 2 fully saturated rings. The molecule has 2 aliphatic rings. The molecular weight excluding hydrogens is 809 g/mol. The van der Waals surface area contributed by atoms with Crippen LogP contribution in [0.3, 0.4) is 0 Å². The molecule has 0 aliphatic carbocycles. The number of oxime groups is 2. The van der Waals surface area contributed by atoms with E-state index in [0.717, 1.165) is 93.3 Å². The molecule has 6 N–H and O–H groups in total. The molecule has 14 heteroatoms. The van der Waals surface area contributed by atoms with Crippen LogP contribution in [0.15, 0.2) is 107 Å². The van der Waals surface area contributed by atoms with Crippen molar-refractivity contribution in [1.82, 2.24) is 9.80 Å². The summed E-state index contributed by atoms with van der Waals surface area (Å²) >= 11 is 0. The van der Waals surface area contributed by atoms with E-state index < -0.39 is 0 Å². The monoisotopic (exact) mass is 872 g/mol. The summed E-state index contributed by atoms with van der Waals surface area (Å²) in [6, 6.07) is 31.2. The predicted molar refractivity (Wildman–Crippen MR) is 250 cm³/mol. The normalized spacial score (nSPS) is 15.3. The first-order chi connectivity index (χ1) is 31.3. The molecule has 340 valence electrons. The van der Waals surface area contributed by atoms with Gasteiger partial charge in [-0.25, -0.2) is 4.85 Å². The van der Waals surface area contributed by atoms with Crippen LogP contribution in [0.4, 0.5) is 5.69 Å². The molecule has 0 amide bonds. The first kappa shape index (κ1) is 48.6. The van der Waals surface area contributed by atoms with Gasteiger partial charge in [-0.05, 0) is 187 Å². The maximum Gasteiger partial charge on any atom is 0.187 e. The van der Waals surface area contributed by atoms with Gasteiger partial charge in [0.15, 0.2) is 17.4 Å². The molecule has 0 saturated carbocycles. The molecule has 64 heavy (non-hydrogen) atoms. The Balaban J connectivity index is 0.000000243. The predicted octanol–water partition coefficient (Wildman–Crippen LogP) is 8.66. The molecule has 14 nitrogen and oxygen atoms in total. The lowest BCUT2D eigenvalue weighted by atomic mass is 9.92. The second-order valence-electron chi connectivity index (χ2n) is 16.2. The van der Waals surface area contributed by atoms with Crippen LogP contribution in [-0.4, -0.2) is 97.6 Å². The van der Waals surface area contributed by atoms with E-state index >= 15 is 0 Å². The lowest BCUT2D eigenvalue weighted by Gasteiger charge is -2.32. The van der Waals surface area contributed by atoms with E-state index in [9.17, 15) is 0 Å². The van der Waals surface area contributed by atoms with Crippen molar-refractivity contribution in [3.63, 3.8) is 0 Å². The summed E-state index contributed by atoms with van der Waals surface area (Å²) in [5.74, 6) is 5.00. The highest BCUT2D eigenvalue weighted by atomic mass is 16.5. The quantitative estimate of drug-likeness (QED) is 0.0148. The molecule has 0 radical (unpaired) electrons. The van der Waals surface area contributed by atoms with Crippen molar-refractivity contribution in [1.29, 1.82) is 5.26 Å². The van der Waals surface area contributed by atoms with Gasteiger partial charge in [-0.15, -0.1) is 0 Å². The minimum Gasteiger partial charge on any atom is -0.494 e. The lowest BCUT2D eigenvalue weighted by molar-refractivity contribution is 0.161. The fraction of sp³-hybridized carbons (Fsp3) is 0.440. The van der Waals surface area contributed by atoms with Crippen molar-refractivity contribution in [2.45, 2.75) is 64.2 Å². The molecule has 0 atom stereocenters. The number of rotatable bonds is 22. The van der Waals surface area contributed by atoms with E-state index in [1.165, 1.54) is 51.6 Å². The van der Waals surface area contributed by atoms with Crippen LogP contribution in [0.2, 0.25) is 0 Å². The van der Waals surface area contributed by atoms with E-state index in [0.29, 0.717) is 42.2 Å². The van der Waals surface area contributed by atoms with E-state index in [1.54, 1.807) is 48.5 Å². The van der Waals surface area contributed by atoms with E-state index in [1.807, 2.05) is 48.5 Å². The first-order valence-corrected chi connectivity index (χ1v) is 22.4. The fourth-order valence-electron chi connectivity index (χ4n) is 7.88. The van der Waals surface area contributed by atoms with Gasteiger partial charge in [-0.3, -0.25) is 0 Å². The zero-order chi connectivity index (χ0) is 45.2. The second-order valence-corrected chi connectivity index (χ2v) is 16.2. The van der Waals surface area contributed by atoms with Crippen molar-refractivity contribution in [3.8, 4) is 29.1 Å². The molecule has 2 saturated heterocycles. The zero-order valence-corrected chi connectivity index (χ0v) is 36.9. The summed E-state index contributed by atoms with van der Waals surface area (Å²) in [6.07, 6.45) is 11.5. The number of hydrogen-bond donors (Lipinski definition) is 4. The van der Waals surface area contributed by atoms with Gasteiger partial charge in [0.25, 0.3) is 0 Å². The number of nitriles is 1. The number of ether oxygens (including phenoxy) is 4. The van der Waals surface area contributed by atoms with Gasteiger partial charge in [0.05, 0.1) is 44.6 Å². The van der Waals surface area contributed by atoms with Crippen LogP contribution in [0, 0.1) is 29.7 Å². The largest absolute Gasteiger partial charge is 0.494 e. The third kappa shape index (κ3) is 17.4. The van der Waals surface area contributed by atoms with Crippen LogP contribution in [0.25, 0.3) is 4.85 Å². The third-order valence-electron chi connectivity index (χ3n) is 11.7. The number of piperidine rings is 2. The highest BCUT2D eigenvalue weighted by Gasteiger charge is 2.20. The Morgan fingerprint density at radius 1 is 0.578 bits per heavy atom. The Bertz CT molecular complexity index is 1920. The average Bonchev–Trinajstić information content (AvgIpc) is 3.35. The number of nitrogens with zero attached hydrogens (tertiary/aromatic N) is 6. The molecular formula is C50H64N8O6. The van der Waals surface area contributed by atoms with Crippen molar-refractivity contribution < 1.29 is 29.4 Å². The minimum atomic E-state index is 0.0916. The van der Waals surface area contributed by atoms with Gasteiger partial charge in [-0.1, -0.05) is 22.4 Å². The van der Waals surface area contributed by atoms with Crippen LogP contribution >= 0.6 is 0 Å². The average molecular weight is 873 g/mol. The highest BCUT2D eigenvalue weighted by molar-refractivity contribution is 5.97. The summed E-state index contributed by atoms with van der Waals surface area (Å²) in [4.78, 5) is 8.44. The Kier molecular flexibility index (Phi) is 20.9. The Labute approximate surface area is 378 Å². The molecule has 0 aromatic heterocycles. The van der Waals surface area contributed by atoms with Crippen LogP contribution in [0.5, 0.6) is 23.0 Å². The topological polar surface area (TPSA) is 189 Å². The third-order valence-corrected chi connectivity index (χ3v) is 11.7. The van der Waals surface area contributed by atoms with Crippen LogP contribution in [-0.2, 0) is 0 Å². The molecule has 0 spiro atoms. The molecule has 4 aromatic carbocycles. The summed E-state index contributed by atoms with van der Waals surface area (Å²) < 4.78 is 23.2. The minimum absolute atomic E-state index is 0.0916. The summed E-state index contributed by atoms with van der Waals surface area (Å²) in [5, 5.41) is 32.2. The summed E-state index contributed by atoms with van der Waals surface area (Å²) in [7, 11) is 0.